The molecule has 0 aliphatic carbocycles. The second-order valence-electron chi connectivity index (χ2n) is 5.41. The highest BCUT2D eigenvalue weighted by Gasteiger charge is 2.12. The van der Waals surface area contributed by atoms with Crippen LogP contribution < -0.4 is 15.0 Å². The van der Waals surface area contributed by atoms with E-state index in [1.807, 2.05) is 13.0 Å². The van der Waals surface area contributed by atoms with Crippen LogP contribution in [0.25, 0.3) is 22.6 Å². The van der Waals surface area contributed by atoms with Crippen LogP contribution in [0.15, 0.2) is 47.3 Å². The van der Waals surface area contributed by atoms with Crippen LogP contribution in [-0.2, 0) is 0 Å². The van der Waals surface area contributed by atoms with Gasteiger partial charge in [0.25, 0.3) is 5.56 Å². The van der Waals surface area contributed by atoms with Crippen molar-refractivity contribution in [3.8, 4) is 17.6 Å². The van der Waals surface area contributed by atoms with Gasteiger partial charge in [0.15, 0.2) is 17.3 Å². The van der Waals surface area contributed by atoms with Crippen molar-refractivity contribution in [3.05, 3.63) is 64.2 Å². The van der Waals surface area contributed by atoms with E-state index in [4.69, 9.17) is 9.47 Å². The number of H-pyrrole nitrogens is 1. The summed E-state index contributed by atoms with van der Waals surface area (Å²) in [5, 5.41) is 10.1. The summed E-state index contributed by atoms with van der Waals surface area (Å²) in [6.45, 7) is 2.32. The Hall–Kier alpha value is -3.59. The lowest BCUT2D eigenvalue weighted by Crippen LogP contribution is -2.11. The summed E-state index contributed by atoms with van der Waals surface area (Å²) < 4.78 is 11.0. The van der Waals surface area contributed by atoms with Gasteiger partial charge in [0, 0.05) is 5.56 Å². The molecule has 0 aliphatic heterocycles. The maximum Gasteiger partial charge on any atom is 0.259 e. The van der Waals surface area contributed by atoms with E-state index in [1.54, 1.807) is 49.6 Å². The van der Waals surface area contributed by atoms with Crippen LogP contribution in [0.4, 0.5) is 0 Å². The predicted molar refractivity (Wildman–Crippen MR) is 100 cm³/mol. The van der Waals surface area contributed by atoms with E-state index in [9.17, 15) is 10.1 Å². The van der Waals surface area contributed by atoms with E-state index in [1.165, 1.54) is 0 Å². The summed E-state index contributed by atoms with van der Waals surface area (Å²) in [4.78, 5) is 19.3. The summed E-state index contributed by atoms with van der Waals surface area (Å²) >= 11 is 0. The lowest BCUT2D eigenvalue weighted by atomic mass is 10.1. The molecule has 3 aromatic rings. The fourth-order valence-corrected chi connectivity index (χ4v) is 2.63. The van der Waals surface area contributed by atoms with Crippen LogP contribution in [0.1, 0.15) is 18.3 Å². The smallest absolute Gasteiger partial charge is 0.259 e. The molecule has 130 valence electrons. The van der Waals surface area contributed by atoms with E-state index in [0.717, 1.165) is 0 Å². The highest BCUT2D eigenvalue weighted by atomic mass is 16.5. The van der Waals surface area contributed by atoms with Crippen molar-refractivity contribution in [3.63, 3.8) is 0 Å². The number of benzene rings is 2. The lowest BCUT2D eigenvalue weighted by Gasteiger charge is -2.12. The quantitative estimate of drug-likeness (QED) is 0.715. The summed E-state index contributed by atoms with van der Waals surface area (Å²) in [5.41, 5.74) is 1.13. The summed E-state index contributed by atoms with van der Waals surface area (Å²) in [7, 11) is 1.55. The van der Waals surface area contributed by atoms with Crippen molar-refractivity contribution >= 4 is 22.6 Å². The Labute approximate surface area is 150 Å². The normalized spacial score (nSPS) is 11.2. The van der Waals surface area contributed by atoms with E-state index >= 15 is 0 Å². The maximum absolute atomic E-state index is 12.3. The minimum atomic E-state index is -0.289. The molecule has 0 spiro atoms. The number of nitrogens with one attached hydrogen (secondary N) is 1. The highest BCUT2D eigenvalue weighted by molar-refractivity contribution is 5.90. The molecule has 0 aliphatic rings. The monoisotopic (exact) mass is 347 g/mol. The van der Waals surface area contributed by atoms with Crippen LogP contribution in [0, 0.1) is 11.3 Å². The van der Waals surface area contributed by atoms with Gasteiger partial charge in [-0.2, -0.15) is 5.26 Å². The third-order valence-corrected chi connectivity index (χ3v) is 3.81. The van der Waals surface area contributed by atoms with Gasteiger partial charge in [-0.05, 0) is 31.2 Å². The Balaban J connectivity index is 2.16. The number of nitrogens with zero attached hydrogens (tertiary/aromatic N) is 2. The van der Waals surface area contributed by atoms with Crippen LogP contribution >= 0.6 is 0 Å². The molecule has 3 rings (SSSR count). The number of aromatic amines is 1. The number of nitriles is 1. The molecule has 1 heterocycles. The molecule has 2 aromatic carbocycles. The van der Waals surface area contributed by atoms with Gasteiger partial charge in [-0.3, -0.25) is 4.79 Å². The fourth-order valence-electron chi connectivity index (χ4n) is 2.63. The number of allylic oxidation sites excluding steroid dienone is 1. The van der Waals surface area contributed by atoms with Gasteiger partial charge in [-0.1, -0.05) is 24.3 Å². The molecule has 0 radical (unpaired) electrons. The van der Waals surface area contributed by atoms with Gasteiger partial charge in [0.2, 0.25) is 0 Å². The Morgan fingerprint density at radius 3 is 2.81 bits per heavy atom. The number of aromatic nitrogens is 2. The number of fused-ring (bicyclic) bond motifs is 1. The number of hydrogen-bond acceptors (Lipinski definition) is 5. The first kappa shape index (κ1) is 17.2. The summed E-state index contributed by atoms with van der Waals surface area (Å²) in [6.07, 6.45) is 1.63. The first-order chi connectivity index (χ1) is 12.7. The van der Waals surface area contributed by atoms with Crippen molar-refractivity contribution in [1.29, 1.82) is 5.26 Å². The Bertz CT molecular complexity index is 1080. The van der Waals surface area contributed by atoms with Gasteiger partial charge in [-0.15, -0.1) is 0 Å². The van der Waals surface area contributed by atoms with Gasteiger partial charge in [-0.25, -0.2) is 4.98 Å². The van der Waals surface area contributed by atoms with Crippen LogP contribution in [-0.4, -0.2) is 23.7 Å². The molecule has 0 unspecified atom stereocenters. The fraction of sp³-hybridized carbons (Fsp3) is 0.150. The van der Waals surface area contributed by atoms with Crippen molar-refractivity contribution in [2.24, 2.45) is 0 Å². The molecule has 0 fully saturated rings. The molecule has 0 amide bonds. The third-order valence-electron chi connectivity index (χ3n) is 3.81. The number of para-hydroxylation sites is 2. The number of hydrogen-bond donors (Lipinski definition) is 1. The van der Waals surface area contributed by atoms with Crippen LogP contribution in [0.5, 0.6) is 11.5 Å². The standard InChI is InChI=1S/C20H17N3O3/c1-3-26-18-13(7-6-10-17(18)25-2)11-14(12-21)19-22-16-9-5-4-8-15(16)20(24)23-19/h4-11H,3H2,1-2H3,(H,22,23,24)/b14-11-. The third kappa shape index (κ3) is 3.28. The van der Waals surface area contributed by atoms with E-state index in [0.29, 0.717) is 34.6 Å². The molecular weight excluding hydrogens is 330 g/mol. The van der Waals surface area contributed by atoms with Gasteiger partial charge in [0.05, 0.1) is 30.2 Å². The van der Waals surface area contributed by atoms with E-state index in [2.05, 4.69) is 16.0 Å². The predicted octanol–water partition coefficient (Wildman–Crippen LogP) is 3.39. The largest absolute Gasteiger partial charge is 0.493 e. The van der Waals surface area contributed by atoms with Crippen molar-refractivity contribution < 1.29 is 9.47 Å². The Morgan fingerprint density at radius 1 is 1.27 bits per heavy atom. The van der Waals surface area contributed by atoms with Crippen LogP contribution in [0.2, 0.25) is 0 Å². The molecule has 0 atom stereocenters. The van der Waals surface area contributed by atoms with Crippen LogP contribution in [0.3, 0.4) is 0 Å². The van der Waals surface area contributed by atoms with Crippen molar-refractivity contribution in [2.45, 2.75) is 6.92 Å². The average Bonchev–Trinajstić information content (AvgIpc) is 2.67. The minimum Gasteiger partial charge on any atom is -0.493 e. The molecule has 6 nitrogen and oxygen atoms in total. The summed E-state index contributed by atoms with van der Waals surface area (Å²) in [6, 6.07) is 14.5. The second-order valence-corrected chi connectivity index (χ2v) is 5.41. The van der Waals surface area contributed by atoms with Gasteiger partial charge in [0.1, 0.15) is 6.07 Å². The molecule has 1 N–H and O–H groups in total. The zero-order valence-electron chi connectivity index (χ0n) is 14.4. The first-order valence-electron chi connectivity index (χ1n) is 8.09. The van der Waals surface area contributed by atoms with E-state index in [-0.39, 0.29) is 17.0 Å². The second kappa shape index (κ2) is 7.53. The zero-order valence-corrected chi connectivity index (χ0v) is 14.4. The number of ether oxygens (including phenoxy) is 2. The van der Waals surface area contributed by atoms with Gasteiger partial charge >= 0.3 is 0 Å². The molecule has 6 heteroatoms. The molecule has 1 aromatic heterocycles. The Morgan fingerprint density at radius 2 is 2.08 bits per heavy atom. The molecule has 26 heavy (non-hydrogen) atoms. The molecule has 0 saturated heterocycles. The molecular formula is C20H17N3O3. The molecule has 0 bridgehead atoms. The SMILES string of the molecule is CCOc1c(/C=C(/C#N)c2nc3ccccc3c(=O)[nH]2)cccc1OC. The minimum absolute atomic E-state index is 0.210. The average molecular weight is 347 g/mol. The first-order valence-corrected chi connectivity index (χ1v) is 8.09. The van der Waals surface area contributed by atoms with E-state index < -0.39 is 0 Å². The maximum atomic E-state index is 12.3. The van der Waals surface area contributed by atoms with Crippen molar-refractivity contribution in [2.75, 3.05) is 13.7 Å². The molecule has 0 saturated carbocycles. The van der Waals surface area contributed by atoms with Crippen molar-refractivity contribution in [1.82, 2.24) is 9.97 Å². The Kier molecular flexibility index (Phi) is 4.99. The lowest BCUT2D eigenvalue weighted by molar-refractivity contribution is 0.310. The summed E-state index contributed by atoms with van der Waals surface area (Å²) in [5.74, 6) is 1.31. The zero-order chi connectivity index (χ0) is 18.5. The number of methoxy groups -OCH3 is 1. The highest BCUT2D eigenvalue weighted by Crippen LogP contribution is 2.33. The number of rotatable bonds is 5. The van der Waals surface area contributed by atoms with Gasteiger partial charge < -0.3 is 14.5 Å². The topological polar surface area (TPSA) is 88.0 Å².